The Hall–Kier alpha value is -2.75. The van der Waals surface area contributed by atoms with Crippen LogP contribution in [0.25, 0.3) is 0 Å². The quantitative estimate of drug-likeness (QED) is 0.662. The van der Waals surface area contributed by atoms with Gasteiger partial charge in [0.15, 0.2) is 0 Å². The van der Waals surface area contributed by atoms with Crippen molar-refractivity contribution in [1.29, 1.82) is 0 Å². The van der Waals surface area contributed by atoms with Gasteiger partial charge in [0.2, 0.25) is 10.0 Å². The first-order chi connectivity index (χ1) is 13.3. The van der Waals surface area contributed by atoms with Crippen LogP contribution in [0.2, 0.25) is 5.02 Å². The summed E-state index contributed by atoms with van der Waals surface area (Å²) in [6.45, 7) is 0.428. The van der Waals surface area contributed by atoms with E-state index in [-0.39, 0.29) is 15.5 Å². The third-order valence-electron chi connectivity index (χ3n) is 4.02. The molecule has 3 rings (SSSR count). The van der Waals surface area contributed by atoms with Gasteiger partial charge in [0, 0.05) is 25.3 Å². The van der Waals surface area contributed by atoms with E-state index in [1.54, 1.807) is 23.1 Å². The van der Waals surface area contributed by atoms with Gasteiger partial charge in [-0.05, 0) is 29.8 Å². The molecule has 0 aliphatic heterocycles. The van der Waals surface area contributed by atoms with Gasteiger partial charge in [-0.1, -0.05) is 29.8 Å². The third-order valence-corrected chi connectivity index (χ3v) is 6.31. The molecule has 0 fully saturated rings. The SMILES string of the molecule is CN(C)S(=O)(=O)c1cc(C(=O)Nc2ccccc2Cn2cncn2)ccc1Cl. The molecular formula is C18H18ClN5O3S. The van der Waals surface area contributed by atoms with E-state index in [2.05, 4.69) is 15.4 Å². The van der Waals surface area contributed by atoms with Crippen LogP contribution in [0.5, 0.6) is 0 Å². The minimum Gasteiger partial charge on any atom is -0.322 e. The van der Waals surface area contributed by atoms with Gasteiger partial charge in [0.05, 0.1) is 11.6 Å². The van der Waals surface area contributed by atoms with Crippen molar-refractivity contribution in [3.05, 3.63) is 71.3 Å². The summed E-state index contributed by atoms with van der Waals surface area (Å²) in [5, 5.41) is 6.93. The summed E-state index contributed by atoms with van der Waals surface area (Å²) >= 11 is 6.04. The Balaban J connectivity index is 1.89. The molecule has 1 aromatic heterocycles. The van der Waals surface area contributed by atoms with Crippen LogP contribution in [0.4, 0.5) is 5.69 Å². The molecule has 0 spiro atoms. The molecule has 0 aliphatic rings. The zero-order valence-electron chi connectivity index (χ0n) is 15.2. The van der Waals surface area contributed by atoms with E-state index in [1.807, 2.05) is 12.1 Å². The summed E-state index contributed by atoms with van der Waals surface area (Å²) in [4.78, 5) is 16.5. The maximum atomic E-state index is 12.7. The molecule has 0 bridgehead atoms. The molecule has 0 atom stereocenters. The van der Waals surface area contributed by atoms with Crippen LogP contribution in [0.15, 0.2) is 60.0 Å². The fraction of sp³-hybridized carbons (Fsp3) is 0.167. The van der Waals surface area contributed by atoms with Crippen molar-refractivity contribution in [2.75, 3.05) is 19.4 Å². The number of para-hydroxylation sites is 1. The molecule has 0 radical (unpaired) electrons. The molecule has 0 saturated heterocycles. The number of aromatic nitrogens is 3. The molecule has 146 valence electrons. The number of sulfonamides is 1. The van der Waals surface area contributed by atoms with Crippen LogP contribution in [-0.4, -0.2) is 47.5 Å². The van der Waals surface area contributed by atoms with Crippen molar-refractivity contribution >= 4 is 33.2 Å². The number of halogens is 1. The molecule has 3 aromatic rings. The summed E-state index contributed by atoms with van der Waals surface area (Å²) in [5.41, 5.74) is 1.60. The van der Waals surface area contributed by atoms with Crippen LogP contribution in [0, 0.1) is 0 Å². The van der Waals surface area contributed by atoms with Crippen molar-refractivity contribution in [3.63, 3.8) is 0 Å². The number of anilines is 1. The Kier molecular flexibility index (Phi) is 5.78. The lowest BCUT2D eigenvalue weighted by Gasteiger charge is -2.14. The monoisotopic (exact) mass is 419 g/mol. The van der Waals surface area contributed by atoms with E-state index in [9.17, 15) is 13.2 Å². The van der Waals surface area contributed by atoms with Crippen LogP contribution in [-0.2, 0) is 16.6 Å². The molecule has 0 aliphatic carbocycles. The molecule has 1 N–H and O–H groups in total. The van der Waals surface area contributed by atoms with Gasteiger partial charge in [-0.3, -0.25) is 4.79 Å². The van der Waals surface area contributed by atoms with Crippen molar-refractivity contribution in [3.8, 4) is 0 Å². The predicted octanol–water partition coefficient (Wildman–Crippen LogP) is 2.48. The van der Waals surface area contributed by atoms with Crippen LogP contribution in [0.1, 0.15) is 15.9 Å². The number of hydrogen-bond acceptors (Lipinski definition) is 5. The fourth-order valence-electron chi connectivity index (χ4n) is 2.50. The number of benzene rings is 2. The minimum atomic E-state index is -3.78. The Morgan fingerprint density at radius 2 is 1.96 bits per heavy atom. The molecule has 0 saturated carbocycles. The van der Waals surface area contributed by atoms with Gasteiger partial charge in [-0.15, -0.1) is 0 Å². The van der Waals surface area contributed by atoms with Crippen molar-refractivity contribution < 1.29 is 13.2 Å². The van der Waals surface area contributed by atoms with E-state index in [0.717, 1.165) is 9.87 Å². The number of amides is 1. The van der Waals surface area contributed by atoms with Gasteiger partial charge >= 0.3 is 0 Å². The summed E-state index contributed by atoms with van der Waals surface area (Å²) in [7, 11) is -0.973. The second-order valence-corrected chi connectivity index (χ2v) is 8.66. The highest BCUT2D eigenvalue weighted by Crippen LogP contribution is 2.25. The van der Waals surface area contributed by atoms with Crippen molar-refractivity contribution in [2.24, 2.45) is 0 Å². The molecule has 0 unspecified atom stereocenters. The highest BCUT2D eigenvalue weighted by atomic mass is 35.5. The van der Waals surface area contributed by atoms with E-state index in [0.29, 0.717) is 12.2 Å². The van der Waals surface area contributed by atoms with Gasteiger partial charge in [-0.25, -0.2) is 22.4 Å². The highest BCUT2D eigenvalue weighted by molar-refractivity contribution is 7.89. The van der Waals surface area contributed by atoms with Crippen LogP contribution >= 0.6 is 11.6 Å². The fourth-order valence-corrected chi connectivity index (χ4v) is 3.90. The van der Waals surface area contributed by atoms with Gasteiger partial charge < -0.3 is 5.32 Å². The molecular weight excluding hydrogens is 402 g/mol. The smallest absolute Gasteiger partial charge is 0.255 e. The van der Waals surface area contributed by atoms with Gasteiger partial charge in [0.25, 0.3) is 5.91 Å². The molecule has 28 heavy (non-hydrogen) atoms. The zero-order valence-corrected chi connectivity index (χ0v) is 16.8. The van der Waals surface area contributed by atoms with Gasteiger partial charge in [0.1, 0.15) is 17.6 Å². The maximum absolute atomic E-state index is 12.7. The maximum Gasteiger partial charge on any atom is 0.255 e. The lowest BCUT2D eigenvalue weighted by atomic mass is 10.1. The van der Waals surface area contributed by atoms with Crippen molar-refractivity contribution in [1.82, 2.24) is 19.1 Å². The summed E-state index contributed by atoms with van der Waals surface area (Å²) < 4.78 is 27.5. The first-order valence-electron chi connectivity index (χ1n) is 8.23. The van der Waals surface area contributed by atoms with Crippen molar-refractivity contribution in [2.45, 2.75) is 11.4 Å². The molecule has 8 nitrogen and oxygen atoms in total. The first kappa shape index (κ1) is 20.0. The lowest BCUT2D eigenvalue weighted by molar-refractivity contribution is 0.102. The number of nitrogens with one attached hydrogen (secondary N) is 1. The Bertz CT molecular complexity index is 1100. The number of nitrogens with zero attached hydrogens (tertiary/aromatic N) is 4. The topological polar surface area (TPSA) is 97.2 Å². The molecule has 2 aromatic carbocycles. The zero-order chi connectivity index (χ0) is 20.3. The largest absolute Gasteiger partial charge is 0.322 e. The average Bonchev–Trinajstić information content (AvgIpc) is 3.16. The highest BCUT2D eigenvalue weighted by Gasteiger charge is 2.22. The first-order valence-corrected chi connectivity index (χ1v) is 10.0. The summed E-state index contributed by atoms with van der Waals surface area (Å²) in [6.07, 6.45) is 3.01. The number of hydrogen-bond donors (Lipinski definition) is 1. The van der Waals surface area contributed by atoms with Gasteiger partial charge in [-0.2, -0.15) is 5.10 Å². The second-order valence-electron chi connectivity index (χ2n) is 6.14. The van der Waals surface area contributed by atoms with Crippen LogP contribution < -0.4 is 5.32 Å². The Labute approximate surface area is 167 Å². The summed E-state index contributed by atoms with van der Waals surface area (Å²) in [6, 6.07) is 11.4. The second kappa shape index (κ2) is 8.09. The normalized spacial score (nSPS) is 11.6. The van der Waals surface area contributed by atoms with E-state index in [4.69, 9.17) is 11.6 Å². The lowest BCUT2D eigenvalue weighted by Crippen LogP contribution is -2.23. The third kappa shape index (κ3) is 4.22. The van der Waals surface area contributed by atoms with Crippen LogP contribution in [0.3, 0.4) is 0 Å². The molecule has 1 amide bonds. The average molecular weight is 420 g/mol. The predicted molar refractivity (Wildman–Crippen MR) is 106 cm³/mol. The van der Waals surface area contributed by atoms with E-state index < -0.39 is 15.9 Å². The Morgan fingerprint density at radius 3 is 2.64 bits per heavy atom. The summed E-state index contributed by atoms with van der Waals surface area (Å²) in [5.74, 6) is -0.446. The molecule has 10 heteroatoms. The number of rotatable bonds is 6. The number of carbonyl (C=O) groups excluding carboxylic acids is 1. The minimum absolute atomic E-state index is 0.0526. The van der Waals surface area contributed by atoms with E-state index in [1.165, 1.54) is 38.6 Å². The molecule has 1 heterocycles. The number of carbonyl (C=O) groups is 1. The standard InChI is InChI=1S/C18H18ClN5O3S/c1-23(2)28(26,27)17-9-13(7-8-15(17)19)18(25)22-16-6-4-3-5-14(16)10-24-12-20-11-21-24/h3-9,11-12H,10H2,1-2H3,(H,22,25). The van der Waals surface area contributed by atoms with E-state index >= 15 is 0 Å². The Morgan fingerprint density at radius 1 is 1.21 bits per heavy atom.